The van der Waals surface area contributed by atoms with Gasteiger partial charge in [-0.15, -0.1) is 0 Å². The highest BCUT2D eigenvalue weighted by molar-refractivity contribution is 6.03. The van der Waals surface area contributed by atoms with E-state index >= 15 is 0 Å². The van der Waals surface area contributed by atoms with Crippen molar-refractivity contribution in [2.75, 3.05) is 24.9 Å². The Kier molecular flexibility index (Phi) is 5.89. The van der Waals surface area contributed by atoms with Crippen LogP contribution in [-0.2, 0) is 6.54 Å². The van der Waals surface area contributed by atoms with Crippen molar-refractivity contribution >= 4 is 17.3 Å². The summed E-state index contributed by atoms with van der Waals surface area (Å²) in [6.45, 7) is 0.577. The van der Waals surface area contributed by atoms with Gasteiger partial charge >= 0.3 is 0 Å². The Morgan fingerprint density at radius 1 is 0.963 bits per heavy atom. The number of amides is 1. The molecule has 0 atom stereocenters. The fourth-order valence-electron chi connectivity index (χ4n) is 2.58. The summed E-state index contributed by atoms with van der Waals surface area (Å²) in [5, 5.41) is 6.12. The van der Waals surface area contributed by atoms with Crippen LogP contribution in [0.25, 0.3) is 0 Å². The second-order valence-electron chi connectivity index (χ2n) is 5.78. The molecular weight excluding hydrogens is 342 g/mol. The number of ether oxygens (including phenoxy) is 2. The zero-order chi connectivity index (χ0) is 19.1. The van der Waals surface area contributed by atoms with Gasteiger partial charge in [0, 0.05) is 29.7 Å². The molecule has 0 aliphatic rings. The first-order valence-corrected chi connectivity index (χ1v) is 8.47. The molecule has 2 aromatic carbocycles. The Labute approximate surface area is 158 Å². The highest BCUT2D eigenvalue weighted by atomic mass is 16.5. The van der Waals surface area contributed by atoms with Crippen LogP contribution < -0.4 is 20.1 Å². The van der Waals surface area contributed by atoms with Gasteiger partial charge in [0.25, 0.3) is 5.91 Å². The Morgan fingerprint density at radius 2 is 1.74 bits per heavy atom. The molecule has 1 amide bonds. The van der Waals surface area contributed by atoms with Crippen molar-refractivity contribution in [1.29, 1.82) is 0 Å². The molecule has 0 unspecified atom stereocenters. The number of benzene rings is 2. The van der Waals surface area contributed by atoms with Crippen LogP contribution in [0.1, 0.15) is 16.1 Å². The Hall–Kier alpha value is -3.54. The van der Waals surface area contributed by atoms with Crippen molar-refractivity contribution in [3.05, 3.63) is 78.1 Å². The van der Waals surface area contributed by atoms with Gasteiger partial charge < -0.3 is 20.1 Å². The molecule has 3 aromatic rings. The summed E-state index contributed by atoms with van der Waals surface area (Å²) < 4.78 is 10.5. The van der Waals surface area contributed by atoms with Gasteiger partial charge in [0.1, 0.15) is 17.2 Å². The fourth-order valence-corrected chi connectivity index (χ4v) is 2.58. The highest BCUT2D eigenvalue weighted by Crippen LogP contribution is 2.20. The first kappa shape index (κ1) is 18.3. The number of carbonyl (C=O) groups excluding carboxylic acids is 1. The third-order valence-corrected chi connectivity index (χ3v) is 4.02. The van der Waals surface area contributed by atoms with E-state index in [1.165, 1.54) is 0 Å². The van der Waals surface area contributed by atoms with E-state index in [-0.39, 0.29) is 5.91 Å². The number of methoxy groups -OCH3 is 2. The molecule has 0 aliphatic heterocycles. The number of nitrogens with zero attached hydrogens (tertiary/aromatic N) is 1. The second-order valence-corrected chi connectivity index (χ2v) is 5.78. The number of para-hydroxylation sites is 1. The molecule has 138 valence electrons. The van der Waals surface area contributed by atoms with Crippen LogP contribution in [0.2, 0.25) is 0 Å². The quantitative estimate of drug-likeness (QED) is 0.665. The molecule has 3 rings (SSSR count). The summed E-state index contributed by atoms with van der Waals surface area (Å²) in [5.74, 6) is 1.27. The molecule has 0 bridgehead atoms. The lowest BCUT2D eigenvalue weighted by Gasteiger charge is -2.11. The predicted octanol–water partition coefficient (Wildman–Crippen LogP) is 3.96. The van der Waals surface area contributed by atoms with E-state index in [0.29, 0.717) is 17.9 Å². The van der Waals surface area contributed by atoms with Gasteiger partial charge in [-0.05, 0) is 42.5 Å². The standard InChI is InChI=1S/C21H21N3O3/c1-26-18-9-7-16(8-10-18)24-21(25)19-13-17(11-12-22-19)23-14-15-5-3-4-6-20(15)27-2/h3-13H,14H2,1-2H3,(H,22,23)(H,24,25). The van der Waals surface area contributed by atoms with E-state index in [9.17, 15) is 4.79 Å². The molecule has 1 aromatic heterocycles. The average Bonchev–Trinajstić information content (AvgIpc) is 2.73. The molecule has 0 radical (unpaired) electrons. The van der Waals surface area contributed by atoms with Gasteiger partial charge in [-0.3, -0.25) is 9.78 Å². The number of rotatable bonds is 7. The van der Waals surface area contributed by atoms with E-state index in [1.54, 1.807) is 50.7 Å². The normalized spacial score (nSPS) is 10.1. The summed E-state index contributed by atoms with van der Waals surface area (Å²) in [6.07, 6.45) is 1.60. The maximum atomic E-state index is 12.4. The maximum Gasteiger partial charge on any atom is 0.274 e. The molecular formula is C21H21N3O3. The van der Waals surface area contributed by atoms with Crippen molar-refractivity contribution in [2.24, 2.45) is 0 Å². The van der Waals surface area contributed by atoms with Gasteiger partial charge in [0.15, 0.2) is 0 Å². The molecule has 6 nitrogen and oxygen atoms in total. The lowest BCUT2D eigenvalue weighted by molar-refractivity contribution is 0.102. The monoisotopic (exact) mass is 363 g/mol. The minimum Gasteiger partial charge on any atom is -0.497 e. The molecule has 0 aliphatic carbocycles. The molecule has 0 fully saturated rings. The highest BCUT2D eigenvalue weighted by Gasteiger charge is 2.09. The zero-order valence-corrected chi connectivity index (χ0v) is 15.2. The van der Waals surface area contributed by atoms with E-state index < -0.39 is 0 Å². The second kappa shape index (κ2) is 8.71. The number of aromatic nitrogens is 1. The minimum absolute atomic E-state index is 0.277. The van der Waals surface area contributed by atoms with Crippen molar-refractivity contribution in [2.45, 2.75) is 6.54 Å². The van der Waals surface area contributed by atoms with Crippen LogP contribution in [0, 0.1) is 0 Å². The molecule has 27 heavy (non-hydrogen) atoms. The third kappa shape index (κ3) is 4.76. The topological polar surface area (TPSA) is 72.5 Å². The van der Waals surface area contributed by atoms with E-state index in [4.69, 9.17) is 9.47 Å². The van der Waals surface area contributed by atoms with Crippen LogP contribution >= 0.6 is 0 Å². The minimum atomic E-state index is -0.277. The van der Waals surface area contributed by atoms with Crippen LogP contribution in [0.4, 0.5) is 11.4 Å². The molecule has 6 heteroatoms. The SMILES string of the molecule is COc1ccc(NC(=O)c2cc(NCc3ccccc3OC)ccn2)cc1. The van der Waals surface area contributed by atoms with Crippen molar-refractivity contribution in [3.8, 4) is 11.5 Å². The first-order chi connectivity index (χ1) is 13.2. The van der Waals surface area contributed by atoms with E-state index in [2.05, 4.69) is 15.6 Å². The third-order valence-electron chi connectivity index (χ3n) is 4.02. The molecule has 0 spiro atoms. The van der Waals surface area contributed by atoms with Gasteiger partial charge in [0.05, 0.1) is 14.2 Å². The number of hydrogen-bond acceptors (Lipinski definition) is 5. The summed E-state index contributed by atoms with van der Waals surface area (Å²) in [7, 11) is 3.24. The summed E-state index contributed by atoms with van der Waals surface area (Å²) in [6, 6.07) is 18.5. The molecule has 1 heterocycles. The fraction of sp³-hybridized carbons (Fsp3) is 0.143. The lowest BCUT2D eigenvalue weighted by atomic mass is 10.2. The van der Waals surface area contributed by atoms with Crippen molar-refractivity contribution in [3.63, 3.8) is 0 Å². The van der Waals surface area contributed by atoms with Gasteiger partial charge in [-0.25, -0.2) is 0 Å². The van der Waals surface area contributed by atoms with Crippen molar-refractivity contribution in [1.82, 2.24) is 4.98 Å². The van der Waals surface area contributed by atoms with E-state index in [1.807, 2.05) is 30.3 Å². The number of nitrogens with one attached hydrogen (secondary N) is 2. The largest absolute Gasteiger partial charge is 0.497 e. The van der Waals surface area contributed by atoms with Crippen LogP contribution in [-0.4, -0.2) is 25.1 Å². The summed E-state index contributed by atoms with van der Waals surface area (Å²) in [4.78, 5) is 16.6. The van der Waals surface area contributed by atoms with Crippen LogP contribution in [0.3, 0.4) is 0 Å². The smallest absolute Gasteiger partial charge is 0.274 e. The number of hydrogen-bond donors (Lipinski definition) is 2. The number of anilines is 2. The van der Waals surface area contributed by atoms with Crippen molar-refractivity contribution < 1.29 is 14.3 Å². The first-order valence-electron chi connectivity index (χ1n) is 8.47. The molecule has 0 saturated carbocycles. The summed E-state index contributed by atoms with van der Waals surface area (Å²) in [5.41, 5.74) is 2.84. The van der Waals surface area contributed by atoms with Gasteiger partial charge in [0.2, 0.25) is 0 Å². The van der Waals surface area contributed by atoms with Crippen LogP contribution in [0.5, 0.6) is 11.5 Å². The Morgan fingerprint density at radius 3 is 2.48 bits per heavy atom. The average molecular weight is 363 g/mol. The summed E-state index contributed by atoms with van der Waals surface area (Å²) >= 11 is 0. The Balaban J connectivity index is 1.66. The number of pyridine rings is 1. The van der Waals surface area contributed by atoms with Crippen LogP contribution in [0.15, 0.2) is 66.9 Å². The number of carbonyl (C=O) groups is 1. The predicted molar refractivity (Wildman–Crippen MR) is 106 cm³/mol. The van der Waals surface area contributed by atoms with E-state index in [0.717, 1.165) is 22.7 Å². The molecule has 2 N–H and O–H groups in total. The van der Waals surface area contributed by atoms with Gasteiger partial charge in [-0.2, -0.15) is 0 Å². The van der Waals surface area contributed by atoms with Gasteiger partial charge in [-0.1, -0.05) is 18.2 Å². The maximum absolute atomic E-state index is 12.4. The Bertz CT molecular complexity index is 911. The zero-order valence-electron chi connectivity index (χ0n) is 15.2. The molecule has 0 saturated heterocycles. The lowest BCUT2D eigenvalue weighted by Crippen LogP contribution is -2.14.